The van der Waals surface area contributed by atoms with Crippen LogP contribution in [-0.2, 0) is 0 Å². The molecule has 0 aliphatic heterocycles. The molecule has 0 saturated heterocycles. The van der Waals surface area contributed by atoms with Gasteiger partial charge in [-0.3, -0.25) is 4.79 Å². The molecule has 1 aromatic carbocycles. The van der Waals surface area contributed by atoms with E-state index in [1.54, 1.807) is 44.4 Å². The lowest BCUT2D eigenvalue weighted by Gasteiger charge is -2.09. The van der Waals surface area contributed by atoms with Crippen LogP contribution in [0.25, 0.3) is 0 Å². The molecule has 0 amide bonds. The van der Waals surface area contributed by atoms with E-state index < -0.39 is 5.56 Å². The molecule has 7 nitrogen and oxygen atoms in total. The van der Waals surface area contributed by atoms with E-state index in [0.29, 0.717) is 5.75 Å². The van der Waals surface area contributed by atoms with Crippen LogP contribution in [0, 0.1) is 30.1 Å². The Kier molecular flexibility index (Phi) is 4.66. The number of benzene rings is 1. The molecule has 2 rings (SSSR count). The summed E-state index contributed by atoms with van der Waals surface area (Å²) in [6.45, 7) is 3.07. The molecule has 7 heteroatoms. The average Bonchev–Trinajstić information content (AvgIpc) is 2.56. The van der Waals surface area contributed by atoms with Gasteiger partial charge in [-0.15, -0.1) is 4.91 Å². The molecule has 0 bridgehead atoms. The Morgan fingerprint density at radius 3 is 2.43 bits per heavy atom. The molecule has 0 radical (unpaired) electrons. The lowest BCUT2D eigenvalue weighted by molar-refractivity contribution is 0.415. The SMILES string of the molecule is COc1ccc(/C=N/n2c(C)c(N=O)c(C)c(C#N)c2=O)cc1. The third kappa shape index (κ3) is 3.01. The molecular weight excluding hydrogens is 296 g/mol. The number of nitrogens with zero attached hydrogens (tertiary/aromatic N) is 4. The highest BCUT2D eigenvalue weighted by atomic mass is 16.5. The van der Waals surface area contributed by atoms with Crippen LogP contribution in [0.15, 0.2) is 39.3 Å². The summed E-state index contributed by atoms with van der Waals surface area (Å²) in [7, 11) is 1.57. The van der Waals surface area contributed by atoms with E-state index >= 15 is 0 Å². The number of nitroso groups, excluding NO2 is 1. The number of hydrogen-bond donors (Lipinski definition) is 0. The van der Waals surface area contributed by atoms with Gasteiger partial charge >= 0.3 is 0 Å². The molecule has 0 aliphatic rings. The van der Waals surface area contributed by atoms with Gasteiger partial charge in [-0.05, 0) is 48.9 Å². The third-order valence-electron chi connectivity index (χ3n) is 3.44. The van der Waals surface area contributed by atoms with Crippen LogP contribution in [0.1, 0.15) is 22.4 Å². The van der Waals surface area contributed by atoms with Crippen LogP contribution in [0.4, 0.5) is 5.69 Å². The topological polar surface area (TPSA) is 96.8 Å². The summed E-state index contributed by atoms with van der Waals surface area (Å²) in [5.41, 5.74) is 0.605. The van der Waals surface area contributed by atoms with Gasteiger partial charge in [0.25, 0.3) is 5.56 Å². The van der Waals surface area contributed by atoms with Crippen molar-refractivity contribution in [3.63, 3.8) is 0 Å². The van der Waals surface area contributed by atoms with Crippen LogP contribution in [0.3, 0.4) is 0 Å². The molecule has 1 aromatic heterocycles. The summed E-state index contributed by atoms with van der Waals surface area (Å²) in [5.74, 6) is 0.699. The van der Waals surface area contributed by atoms with E-state index in [1.165, 1.54) is 13.1 Å². The molecule has 1 heterocycles. The van der Waals surface area contributed by atoms with Crippen LogP contribution in [0.5, 0.6) is 5.75 Å². The van der Waals surface area contributed by atoms with Crippen molar-refractivity contribution in [3.05, 3.63) is 61.9 Å². The molecule has 116 valence electrons. The molecule has 0 spiro atoms. The van der Waals surface area contributed by atoms with E-state index in [1.807, 2.05) is 0 Å². The first-order valence-electron chi connectivity index (χ1n) is 6.71. The number of nitriles is 1. The van der Waals surface area contributed by atoms with Crippen molar-refractivity contribution in [2.75, 3.05) is 7.11 Å². The van der Waals surface area contributed by atoms with Crippen molar-refractivity contribution in [2.45, 2.75) is 13.8 Å². The summed E-state index contributed by atoms with van der Waals surface area (Å²) in [6.07, 6.45) is 1.46. The molecule has 0 fully saturated rings. The van der Waals surface area contributed by atoms with Gasteiger partial charge in [0.05, 0.1) is 19.0 Å². The summed E-state index contributed by atoms with van der Waals surface area (Å²) in [4.78, 5) is 23.3. The second-order valence-corrected chi connectivity index (χ2v) is 4.77. The maximum absolute atomic E-state index is 12.3. The second-order valence-electron chi connectivity index (χ2n) is 4.77. The van der Waals surface area contributed by atoms with Crippen LogP contribution >= 0.6 is 0 Å². The van der Waals surface area contributed by atoms with Gasteiger partial charge in [-0.25, -0.2) is 0 Å². The number of hydrogen-bond acceptors (Lipinski definition) is 6. The van der Waals surface area contributed by atoms with E-state index in [-0.39, 0.29) is 22.5 Å². The number of pyridine rings is 1. The highest BCUT2D eigenvalue weighted by Gasteiger charge is 2.17. The smallest absolute Gasteiger partial charge is 0.289 e. The van der Waals surface area contributed by atoms with Gasteiger partial charge in [-0.1, -0.05) is 0 Å². The number of methoxy groups -OCH3 is 1. The zero-order chi connectivity index (χ0) is 17.0. The van der Waals surface area contributed by atoms with Gasteiger partial charge in [0.2, 0.25) is 0 Å². The first-order chi connectivity index (χ1) is 11.0. The summed E-state index contributed by atoms with van der Waals surface area (Å²) in [5, 5.41) is 16.1. The maximum atomic E-state index is 12.3. The van der Waals surface area contributed by atoms with E-state index in [4.69, 9.17) is 10.00 Å². The van der Waals surface area contributed by atoms with Crippen molar-refractivity contribution in [1.29, 1.82) is 5.26 Å². The molecular formula is C16H14N4O3. The fourth-order valence-electron chi connectivity index (χ4n) is 2.13. The van der Waals surface area contributed by atoms with Crippen molar-refractivity contribution in [3.8, 4) is 11.8 Å². The van der Waals surface area contributed by atoms with Crippen LogP contribution < -0.4 is 10.3 Å². The Balaban J connectivity index is 2.55. The molecule has 0 aliphatic carbocycles. The Labute approximate surface area is 132 Å². The maximum Gasteiger partial charge on any atom is 0.289 e. The van der Waals surface area contributed by atoms with Gasteiger partial charge in [-0.2, -0.15) is 15.0 Å². The molecule has 23 heavy (non-hydrogen) atoms. The first-order valence-corrected chi connectivity index (χ1v) is 6.71. The molecule has 0 atom stereocenters. The highest BCUT2D eigenvalue weighted by molar-refractivity contribution is 5.79. The highest BCUT2D eigenvalue weighted by Crippen LogP contribution is 2.23. The van der Waals surface area contributed by atoms with E-state index in [9.17, 15) is 9.70 Å². The van der Waals surface area contributed by atoms with Gasteiger partial charge in [0.1, 0.15) is 23.1 Å². The zero-order valence-electron chi connectivity index (χ0n) is 12.9. The van der Waals surface area contributed by atoms with Gasteiger partial charge in [0, 0.05) is 5.56 Å². The largest absolute Gasteiger partial charge is 0.497 e. The minimum Gasteiger partial charge on any atom is -0.497 e. The van der Waals surface area contributed by atoms with E-state index in [2.05, 4.69) is 10.3 Å². The quantitative estimate of drug-likeness (QED) is 0.640. The minimum absolute atomic E-state index is 0.0491. The zero-order valence-corrected chi connectivity index (χ0v) is 12.9. The van der Waals surface area contributed by atoms with Crippen molar-refractivity contribution in [1.82, 2.24) is 4.68 Å². The van der Waals surface area contributed by atoms with Gasteiger partial charge < -0.3 is 4.74 Å². The second kappa shape index (κ2) is 6.66. The number of rotatable bonds is 4. The predicted molar refractivity (Wildman–Crippen MR) is 86.3 cm³/mol. The molecule has 2 aromatic rings. The number of ether oxygens (including phenoxy) is 1. The lowest BCUT2D eigenvalue weighted by atomic mass is 10.1. The Morgan fingerprint density at radius 1 is 1.26 bits per heavy atom. The van der Waals surface area contributed by atoms with Crippen LogP contribution in [0.2, 0.25) is 0 Å². The normalized spacial score (nSPS) is 10.5. The molecule has 0 N–H and O–H groups in total. The third-order valence-corrected chi connectivity index (χ3v) is 3.44. The monoisotopic (exact) mass is 310 g/mol. The fourth-order valence-corrected chi connectivity index (χ4v) is 2.13. The first kappa shape index (κ1) is 16.1. The van der Waals surface area contributed by atoms with Crippen molar-refractivity contribution in [2.24, 2.45) is 10.3 Å². The van der Waals surface area contributed by atoms with Gasteiger partial charge in [0.15, 0.2) is 0 Å². The summed E-state index contributed by atoms with van der Waals surface area (Å²) >= 11 is 0. The Morgan fingerprint density at radius 2 is 1.91 bits per heavy atom. The summed E-state index contributed by atoms with van der Waals surface area (Å²) in [6, 6.07) is 8.84. The van der Waals surface area contributed by atoms with Crippen molar-refractivity contribution < 1.29 is 4.74 Å². The predicted octanol–water partition coefficient (Wildman–Crippen LogP) is 2.63. The fraction of sp³-hybridized carbons (Fsp3) is 0.188. The Hall–Kier alpha value is -3.27. The number of aromatic nitrogens is 1. The molecule has 0 unspecified atom stereocenters. The van der Waals surface area contributed by atoms with Crippen LogP contribution in [-0.4, -0.2) is 18.0 Å². The summed E-state index contributed by atoms with van der Waals surface area (Å²) < 4.78 is 6.07. The standard InChI is InChI=1S/C16H14N4O3/c1-10-14(8-17)16(21)20(11(2)15(10)19-22)18-9-12-4-6-13(23-3)7-5-12/h4-7,9H,1-3H3/b18-9+. The van der Waals surface area contributed by atoms with E-state index in [0.717, 1.165) is 10.2 Å². The Bertz CT molecular complexity index is 874. The lowest BCUT2D eigenvalue weighted by Crippen LogP contribution is -2.23. The minimum atomic E-state index is -0.584. The van der Waals surface area contributed by atoms with Crippen molar-refractivity contribution >= 4 is 11.9 Å². The molecule has 0 saturated carbocycles. The average molecular weight is 310 g/mol.